The first kappa shape index (κ1) is 18.3. The van der Waals surface area contributed by atoms with Crippen LogP contribution in [0.5, 0.6) is 11.5 Å². The Bertz CT molecular complexity index is 896. The van der Waals surface area contributed by atoms with E-state index >= 15 is 0 Å². The molecule has 3 aromatic carbocycles. The summed E-state index contributed by atoms with van der Waals surface area (Å²) in [6, 6.07) is 21.4. The van der Waals surface area contributed by atoms with Crippen LogP contribution >= 0.6 is 23.2 Å². The van der Waals surface area contributed by atoms with Gasteiger partial charge in [-0.25, -0.2) is 0 Å². The summed E-state index contributed by atoms with van der Waals surface area (Å²) in [6.07, 6.45) is 0. The molecule has 0 radical (unpaired) electrons. The summed E-state index contributed by atoms with van der Waals surface area (Å²) < 4.78 is 5.73. The fourth-order valence-corrected chi connectivity index (χ4v) is 3.08. The Hall–Kier alpha value is -2.49. The van der Waals surface area contributed by atoms with Gasteiger partial charge in [0.15, 0.2) is 0 Å². The van der Waals surface area contributed by atoms with Crippen LogP contribution in [0.2, 0.25) is 10.0 Å². The van der Waals surface area contributed by atoms with Gasteiger partial charge in [-0.15, -0.1) is 0 Å². The Labute approximate surface area is 162 Å². The third-order valence-electron chi connectivity index (χ3n) is 3.87. The molecular weight excluding hydrogens is 369 g/mol. The lowest BCUT2D eigenvalue weighted by Crippen LogP contribution is -2.26. The van der Waals surface area contributed by atoms with Crippen LogP contribution in [0.3, 0.4) is 0 Å². The summed E-state index contributed by atoms with van der Waals surface area (Å²) in [5.41, 5.74) is 1.36. The first-order chi connectivity index (χ1) is 12.5. The van der Waals surface area contributed by atoms with Gasteiger partial charge < -0.3 is 10.1 Å². The molecule has 3 aromatic rings. The van der Waals surface area contributed by atoms with Crippen LogP contribution in [0, 0.1) is 0 Å². The largest absolute Gasteiger partial charge is 0.457 e. The van der Waals surface area contributed by atoms with Crippen LogP contribution in [0.4, 0.5) is 0 Å². The van der Waals surface area contributed by atoms with Crippen molar-refractivity contribution in [1.29, 1.82) is 0 Å². The summed E-state index contributed by atoms with van der Waals surface area (Å²) in [5.74, 6) is 1.23. The number of carbonyl (C=O) groups is 1. The highest BCUT2D eigenvalue weighted by Gasteiger charge is 2.14. The van der Waals surface area contributed by atoms with Gasteiger partial charge in [0.05, 0.1) is 6.04 Å². The molecule has 3 nitrogen and oxygen atoms in total. The highest BCUT2D eigenvalue weighted by molar-refractivity contribution is 6.35. The summed E-state index contributed by atoms with van der Waals surface area (Å²) in [5, 5.41) is 4.02. The molecule has 3 rings (SSSR count). The molecule has 0 spiro atoms. The van der Waals surface area contributed by atoms with Gasteiger partial charge >= 0.3 is 0 Å². The number of ether oxygens (including phenoxy) is 1. The lowest BCUT2D eigenvalue weighted by molar-refractivity contribution is 0.0940. The Morgan fingerprint density at radius 1 is 0.923 bits per heavy atom. The maximum Gasteiger partial charge on any atom is 0.251 e. The molecule has 1 amide bonds. The number of nitrogens with one attached hydrogen (secondary N) is 1. The zero-order valence-corrected chi connectivity index (χ0v) is 15.6. The van der Waals surface area contributed by atoms with E-state index in [0.717, 1.165) is 11.3 Å². The average Bonchev–Trinajstić information content (AvgIpc) is 2.63. The summed E-state index contributed by atoms with van der Waals surface area (Å²) in [4.78, 5) is 12.5. The van der Waals surface area contributed by atoms with Crippen LogP contribution in [0.25, 0.3) is 0 Å². The summed E-state index contributed by atoms with van der Waals surface area (Å²) >= 11 is 12.1. The van der Waals surface area contributed by atoms with E-state index in [1.807, 2.05) is 43.3 Å². The molecule has 0 aliphatic heterocycles. The van der Waals surface area contributed by atoms with Gasteiger partial charge in [0.2, 0.25) is 0 Å². The van der Waals surface area contributed by atoms with Gasteiger partial charge in [0.1, 0.15) is 11.5 Å². The van der Waals surface area contributed by atoms with Crippen molar-refractivity contribution in [3.05, 3.63) is 94.0 Å². The first-order valence-corrected chi connectivity index (χ1v) is 8.87. The second-order valence-corrected chi connectivity index (χ2v) is 6.64. The van der Waals surface area contributed by atoms with Gasteiger partial charge in [-0.3, -0.25) is 4.79 Å². The third-order valence-corrected chi connectivity index (χ3v) is 4.43. The minimum atomic E-state index is -0.243. The third kappa shape index (κ3) is 4.57. The molecule has 26 heavy (non-hydrogen) atoms. The summed E-state index contributed by atoms with van der Waals surface area (Å²) in [6.45, 7) is 1.87. The molecule has 0 heterocycles. The molecule has 0 aliphatic rings. The Kier molecular flexibility index (Phi) is 5.82. The molecule has 0 aromatic heterocycles. The van der Waals surface area contributed by atoms with Gasteiger partial charge in [-0.05, 0) is 61.0 Å². The fraction of sp³-hybridized carbons (Fsp3) is 0.0952. The van der Waals surface area contributed by atoms with E-state index in [2.05, 4.69) is 5.32 Å². The number of hydrogen-bond acceptors (Lipinski definition) is 2. The Balaban J connectivity index is 1.66. The van der Waals surface area contributed by atoms with Crippen LogP contribution in [0.1, 0.15) is 28.9 Å². The highest BCUT2D eigenvalue weighted by Crippen LogP contribution is 2.26. The van der Waals surface area contributed by atoms with Crippen molar-refractivity contribution in [2.45, 2.75) is 13.0 Å². The van der Waals surface area contributed by atoms with Gasteiger partial charge in [0, 0.05) is 15.6 Å². The van der Waals surface area contributed by atoms with Gasteiger partial charge in [-0.2, -0.15) is 0 Å². The number of rotatable bonds is 5. The molecule has 0 aliphatic carbocycles. The zero-order valence-electron chi connectivity index (χ0n) is 14.1. The van der Waals surface area contributed by atoms with E-state index in [1.54, 1.807) is 36.4 Å². The molecule has 0 unspecified atom stereocenters. The quantitative estimate of drug-likeness (QED) is 0.561. The highest BCUT2D eigenvalue weighted by atomic mass is 35.5. The number of halogens is 2. The SMILES string of the molecule is C[C@@H](NC(=O)c1ccc(Oc2ccccc2)cc1)c1ccc(Cl)cc1Cl. The molecule has 0 bridgehead atoms. The fourth-order valence-electron chi connectivity index (χ4n) is 2.51. The number of benzene rings is 3. The smallest absolute Gasteiger partial charge is 0.251 e. The number of para-hydroxylation sites is 1. The second-order valence-electron chi connectivity index (χ2n) is 5.80. The van der Waals surface area contributed by atoms with Gasteiger partial charge in [0.25, 0.3) is 5.91 Å². The summed E-state index contributed by atoms with van der Waals surface area (Å²) in [7, 11) is 0. The van der Waals surface area contributed by atoms with E-state index in [4.69, 9.17) is 27.9 Å². The average molecular weight is 386 g/mol. The normalized spacial score (nSPS) is 11.7. The number of hydrogen-bond donors (Lipinski definition) is 1. The van der Waals surface area contributed by atoms with E-state index in [-0.39, 0.29) is 11.9 Å². The standard InChI is InChI=1S/C21H17Cl2NO2/c1-14(19-12-9-16(22)13-20(19)23)24-21(25)15-7-10-18(11-8-15)26-17-5-3-2-4-6-17/h2-14H,1H3,(H,24,25)/t14-/m1/s1. The second kappa shape index (κ2) is 8.26. The lowest BCUT2D eigenvalue weighted by atomic mass is 10.1. The minimum absolute atomic E-state index is 0.185. The van der Waals surface area contributed by atoms with E-state index in [1.165, 1.54) is 0 Å². The van der Waals surface area contributed by atoms with E-state index < -0.39 is 0 Å². The Morgan fingerprint density at radius 2 is 1.58 bits per heavy atom. The van der Waals surface area contributed by atoms with Crippen molar-refractivity contribution in [3.63, 3.8) is 0 Å². The van der Waals surface area contributed by atoms with Crippen molar-refractivity contribution < 1.29 is 9.53 Å². The minimum Gasteiger partial charge on any atom is -0.457 e. The maximum atomic E-state index is 12.5. The first-order valence-electron chi connectivity index (χ1n) is 8.12. The molecule has 132 valence electrons. The van der Waals surface area contributed by atoms with Crippen molar-refractivity contribution >= 4 is 29.1 Å². The number of carbonyl (C=O) groups excluding carboxylic acids is 1. The number of amides is 1. The van der Waals surface area contributed by atoms with E-state index in [9.17, 15) is 4.79 Å². The monoisotopic (exact) mass is 385 g/mol. The van der Waals surface area contributed by atoms with Crippen molar-refractivity contribution in [2.24, 2.45) is 0 Å². The molecule has 0 saturated carbocycles. The zero-order chi connectivity index (χ0) is 18.5. The molecule has 5 heteroatoms. The molecule has 1 N–H and O–H groups in total. The maximum absolute atomic E-state index is 12.5. The van der Waals surface area contributed by atoms with Crippen molar-refractivity contribution in [2.75, 3.05) is 0 Å². The molecule has 0 fully saturated rings. The van der Waals surface area contributed by atoms with Crippen LogP contribution in [0.15, 0.2) is 72.8 Å². The molecular formula is C21H17Cl2NO2. The predicted molar refractivity (Wildman–Crippen MR) is 105 cm³/mol. The predicted octanol–water partition coefficient (Wildman–Crippen LogP) is 6.28. The van der Waals surface area contributed by atoms with Crippen LogP contribution in [-0.2, 0) is 0 Å². The van der Waals surface area contributed by atoms with Crippen LogP contribution in [-0.4, -0.2) is 5.91 Å². The molecule has 1 atom stereocenters. The lowest BCUT2D eigenvalue weighted by Gasteiger charge is -2.16. The van der Waals surface area contributed by atoms with Crippen molar-refractivity contribution in [3.8, 4) is 11.5 Å². The molecule has 0 saturated heterocycles. The topological polar surface area (TPSA) is 38.3 Å². The van der Waals surface area contributed by atoms with Gasteiger partial charge in [-0.1, -0.05) is 47.5 Å². The van der Waals surface area contributed by atoms with Crippen molar-refractivity contribution in [1.82, 2.24) is 5.32 Å². The Morgan fingerprint density at radius 3 is 2.23 bits per heavy atom. The van der Waals surface area contributed by atoms with Crippen LogP contribution < -0.4 is 10.1 Å². The van der Waals surface area contributed by atoms with E-state index in [0.29, 0.717) is 21.4 Å².